The monoisotopic (exact) mass is 254 g/mol. The molecule has 1 heterocycles. The first kappa shape index (κ1) is 13.3. The summed E-state index contributed by atoms with van der Waals surface area (Å²) in [5.41, 5.74) is 4.18. The van der Waals surface area contributed by atoms with E-state index in [1.807, 2.05) is 32.3 Å². The molecule has 0 spiro atoms. The average molecular weight is 254 g/mol. The predicted molar refractivity (Wildman–Crippen MR) is 78.4 cm³/mol. The molecule has 0 saturated heterocycles. The van der Waals surface area contributed by atoms with Crippen LogP contribution in [0.15, 0.2) is 42.5 Å². The Morgan fingerprint density at radius 3 is 2.47 bits per heavy atom. The fraction of sp³-hybridized carbons (Fsp3) is 0.250. The minimum Gasteiger partial charge on any atom is -0.378 e. The summed E-state index contributed by atoms with van der Waals surface area (Å²) >= 11 is 0. The van der Waals surface area contributed by atoms with Gasteiger partial charge in [0, 0.05) is 37.5 Å². The van der Waals surface area contributed by atoms with Crippen LogP contribution in [0.5, 0.6) is 0 Å². The summed E-state index contributed by atoms with van der Waals surface area (Å²) in [4.78, 5) is 17.1. The van der Waals surface area contributed by atoms with E-state index < -0.39 is 0 Å². The van der Waals surface area contributed by atoms with Crippen LogP contribution in [0.3, 0.4) is 0 Å². The van der Waals surface area contributed by atoms with E-state index in [1.165, 1.54) is 5.69 Å². The van der Waals surface area contributed by atoms with Crippen molar-refractivity contribution in [1.29, 1.82) is 0 Å². The Balaban J connectivity index is 2.23. The van der Waals surface area contributed by atoms with Crippen LogP contribution in [0.25, 0.3) is 11.3 Å². The zero-order valence-corrected chi connectivity index (χ0v) is 11.3. The lowest BCUT2D eigenvalue weighted by Gasteiger charge is -2.12. The summed E-state index contributed by atoms with van der Waals surface area (Å²) in [5, 5.41) is 0. The van der Waals surface area contributed by atoms with E-state index in [4.69, 9.17) is 0 Å². The number of benzene rings is 1. The van der Waals surface area contributed by atoms with Crippen molar-refractivity contribution in [2.24, 2.45) is 0 Å². The highest BCUT2D eigenvalue weighted by Gasteiger charge is 2.02. The molecule has 3 nitrogen and oxygen atoms in total. The molecule has 3 heteroatoms. The maximum Gasteiger partial charge on any atom is 0.120 e. The first-order valence-corrected chi connectivity index (χ1v) is 6.38. The van der Waals surface area contributed by atoms with Crippen LogP contribution < -0.4 is 4.90 Å². The molecule has 0 atom stereocenters. The van der Waals surface area contributed by atoms with E-state index in [0.717, 1.165) is 23.2 Å². The summed E-state index contributed by atoms with van der Waals surface area (Å²) in [6.07, 6.45) is 2.16. The van der Waals surface area contributed by atoms with Crippen molar-refractivity contribution in [3.8, 4) is 11.3 Å². The van der Waals surface area contributed by atoms with Crippen LogP contribution in [0, 0.1) is 0 Å². The van der Waals surface area contributed by atoms with Gasteiger partial charge in [0.15, 0.2) is 0 Å². The fourth-order valence-electron chi connectivity index (χ4n) is 1.92. The lowest BCUT2D eigenvalue weighted by atomic mass is 10.1. The summed E-state index contributed by atoms with van der Waals surface area (Å²) in [6, 6.07) is 14.2. The van der Waals surface area contributed by atoms with Crippen molar-refractivity contribution in [2.75, 3.05) is 19.0 Å². The molecule has 0 amide bonds. The van der Waals surface area contributed by atoms with Crippen molar-refractivity contribution < 1.29 is 4.79 Å². The molecule has 0 aliphatic rings. The second kappa shape index (κ2) is 6.14. The number of anilines is 1. The number of carbonyl (C=O) groups excluding carboxylic acids is 1. The van der Waals surface area contributed by atoms with Gasteiger partial charge in [0.2, 0.25) is 0 Å². The van der Waals surface area contributed by atoms with E-state index in [2.05, 4.69) is 34.1 Å². The quantitative estimate of drug-likeness (QED) is 0.769. The minimum atomic E-state index is 0.524. The summed E-state index contributed by atoms with van der Waals surface area (Å²) in [5.74, 6) is 0. The van der Waals surface area contributed by atoms with Crippen molar-refractivity contribution in [2.45, 2.75) is 12.8 Å². The fourth-order valence-corrected chi connectivity index (χ4v) is 1.92. The Bertz CT molecular complexity index is 547. The molecule has 2 rings (SSSR count). The molecule has 0 radical (unpaired) electrons. The molecule has 0 N–H and O–H groups in total. The molecule has 0 aliphatic carbocycles. The number of aryl methyl sites for hydroxylation is 1. The minimum absolute atomic E-state index is 0.524. The van der Waals surface area contributed by atoms with Gasteiger partial charge in [-0.3, -0.25) is 4.98 Å². The molecule has 2 aromatic rings. The van der Waals surface area contributed by atoms with Gasteiger partial charge in [-0.1, -0.05) is 18.2 Å². The first-order valence-electron chi connectivity index (χ1n) is 6.38. The third kappa shape index (κ3) is 3.41. The molecular formula is C16H18N2O. The van der Waals surface area contributed by atoms with Crippen LogP contribution in [0.1, 0.15) is 12.1 Å². The van der Waals surface area contributed by atoms with Crippen LogP contribution in [0.2, 0.25) is 0 Å². The van der Waals surface area contributed by atoms with Gasteiger partial charge in [-0.25, -0.2) is 0 Å². The van der Waals surface area contributed by atoms with E-state index in [1.54, 1.807) is 0 Å². The average Bonchev–Trinajstić information content (AvgIpc) is 2.45. The molecule has 0 fully saturated rings. The third-order valence-electron chi connectivity index (χ3n) is 3.00. The lowest BCUT2D eigenvalue weighted by molar-refractivity contribution is -0.107. The highest BCUT2D eigenvalue weighted by molar-refractivity contribution is 5.63. The zero-order chi connectivity index (χ0) is 13.7. The van der Waals surface area contributed by atoms with Crippen molar-refractivity contribution in [3.05, 3.63) is 48.2 Å². The van der Waals surface area contributed by atoms with Gasteiger partial charge in [-0.2, -0.15) is 0 Å². The highest BCUT2D eigenvalue weighted by atomic mass is 16.1. The maximum atomic E-state index is 10.4. The Kier molecular flexibility index (Phi) is 4.29. The van der Waals surface area contributed by atoms with Gasteiger partial charge in [0.1, 0.15) is 6.29 Å². The van der Waals surface area contributed by atoms with Gasteiger partial charge in [0.05, 0.1) is 5.69 Å². The molecule has 0 saturated carbocycles. The number of aldehydes is 1. The summed E-state index contributed by atoms with van der Waals surface area (Å²) in [7, 11) is 4.04. The molecule has 19 heavy (non-hydrogen) atoms. The number of aromatic nitrogens is 1. The van der Waals surface area contributed by atoms with Gasteiger partial charge >= 0.3 is 0 Å². The molecule has 0 unspecified atom stereocenters. The smallest absolute Gasteiger partial charge is 0.120 e. The molecule has 1 aromatic heterocycles. The van der Waals surface area contributed by atoms with Gasteiger partial charge < -0.3 is 9.69 Å². The van der Waals surface area contributed by atoms with Crippen LogP contribution in [0.4, 0.5) is 5.69 Å². The third-order valence-corrected chi connectivity index (χ3v) is 3.00. The van der Waals surface area contributed by atoms with E-state index in [-0.39, 0.29) is 0 Å². The van der Waals surface area contributed by atoms with Crippen molar-refractivity contribution in [3.63, 3.8) is 0 Å². The second-order valence-electron chi connectivity index (χ2n) is 4.66. The first-order chi connectivity index (χ1) is 9.20. The Morgan fingerprint density at radius 2 is 1.84 bits per heavy atom. The van der Waals surface area contributed by atoms with E-state index >= 15 is 0 Å². The summed E-state index contributed by atoms with van der Waals surface area (Å²) in [6.45, 7) is 0. The number of hydrogen-bond donors (Lipinski definition) is 0. The maximum absolute atomic E-state index is 10.4. The second-order valence-corrected chi connectivity index (χ2v) is 4.66. The largest absolute Gasteiger partial charge is 0.378 e. The Hall–Kier alpha value is -2.16. The number of nitrogens with zero attached hydrogens (tertiary/aromatic N) is 2. The standard InChI is InChI=1S/C16H18N2O/c1-18(2)15-10-8-13(9-11-15)16-7-3-5-14(17-16)6-4-12-19/h3,5,7-12H,4,6H2,1-2H3. The predicted octanol–water partition coefficient (Wildman–Crippen LogP) is 2.95. The van der Waals surface area contributed by atoms with Gasteiger partial charge in [-0.05, 0) is 30.7 Å². The topological polar surface area (TPSA) is 33.2 Å². The number of pyridine rings is 1. The SMILES string of the molecule is CN(C)c1ccc(-c2cccc(CCC=O)n2)cc1. The summed E-state index contributed by atoms with van der Waals surface area (Å²) < 4.78 is 0. The van der Waals surface area contributed by atoms with Gasteiger partial charge in [-0.15, -0.1) is 0 Å². The van der Waals surface area contributed by atoms with Gasteiger partial charge in [0.25, 0.3) is 0 Å². The Labute approximate surface area is 113 Å². The molecule has 1 aromatic carbocycles. The van der Waals surface area contributed by atoms with Crippen molar-refractivity contribution in [1.82, 2.24) is 4.98 Å². The Morgan fingerprint density at radius 1 is 1.11 bits per heavy atom. The lowest BCUT2D eigenvalue weighted by Crippen LogP contribution is -2.07. The van der Waals surface area contributed by atoms with Crippen LogP contribution in [-0.4, -0.2) is 25.4 Å². The van der Waals surface area contributed by atoms with E-state index in [0.29, 0.717) is 12.8 Å². The van der Waals surface area contributed by atoms with Crippen LogP contribution >= 0.6 is 0 Å². The van der Waals surface area contributed by atoms with E-state index in [9.17, 15) is 4.79 Å². The van der Waals surface area contributed by atoms with Crippen LogP contribution in [-0.2, 0) is 11.2 Å². The van der Waals surface area contributed by atoms with Crippen molar-refractivity contribution >= 4 is 12.0 Å². The zero-order valence-electron chi connectivity index (χ0n) is 11.3. The number of rotatable bonds is 5. The highest BCUT2D eigenvalue weighted by Crippen LogP contribution is 2.21. The molecule has 98 valence electrons. The normalized spacial score (nSPS) is 10.2. The molecular weight excluding hydrogens is 236 g/mol. The molecule has 0 aliphatic heterocycles. The number of carbonyl (C=O) groups is 1. The number of hydrogen-bond acceptors (Lipinski definition) is 3. The molecule has 0 bridgehead atoms.